The second-order valence-corrected chi connectivity index (χ2v) is 4.18. The molecule has 0 saturated carbocycles. The maximum absolute atomic E-state index is 12.0. The molecule has 0 saturated heterocycles. The molecule has 3 nitrogen and oxygen atoms in total. The molecule has 0 aliphatic carbocycles. The van der Waals surface area contributed by atoms with Crippen molar-refractivity contribution >= 4 is 29.1 Å². The molecule has 0 spiro atoms. The molecule has 0 heterocycles. The van der Waals surface area contributed by atoms with Crippen molar-refractivity contribution in [2.75, 3.05) is 6.54 Å². The first-order valence-corrected chi connectivity index (χ1v) is 5.46. The summed E-state index contributed by atoms with van der Waals surface area (Å²) in [7, 11) is 0. The molecule has 0 aromatic heterocycles. The second-order valence-electron chi connectivity index (χ2n) is 3.36. The van der Waals surface area contributed by atoms with Crippen LogP contribution in [0.1, 0.15) is 10.4 Å². The molecule has 8 heteroatoms. The standard InChI is InChI=1S/C10H8Cl2F3NO2/c11-5-2-1-3-6(12)8(5)9(18)16-4-7(17)10(13,14)15/h1-3,7,17H,4H2,(H,16,18). The third kappa shape index (κ3) is 3.76. The van der Waals surface area contributed by atoms with Gasteiger partial charge in [-0.05, 0) is 12.1 Å². The Balaban J connectivity index is 2.73. The zero-order valence-electron chi connectivity index (χ0n) is 8.76. The van der Waals surface area contributed by atoms with Gasteiger partial charge in [0.2, 0.25) is 0 Å². The summed E-state index contributed by atoms with van der Waals surface area (Å²) in [6.45, 7) is -0.968. The molecule has 0 bridgehead atoms. The van der Waals surface area contributed by atoms with E-state index in [2.05, 4.69) is 0 Å². The molecule has 18 heavy (non-hydrogen) atoms. The minimum atomic E-state index is -4.79. The molecule has 1 amide bonds. The first kappa shape index (κ1) is 15.1. The Hall–Kier alpha value is -0.980. The molecule has 1 atom stereocenters. The summed E-state index contributed by atoms with van der Waals surface area (Å²) < 4.78 is 36.0. The SMILES string of the molecule is O=C(NCC(O)C(F)(F)F)c1c(Cl)cccc1Cl. The number of benzene rings is 1. The molecule has 0 aliphatic rings. The van der Waals surface area contributed by atoms with E-state index in [9.17, 15) is 18.0 Å². The van der Waals surface area contributed by atoms with Crippen molar-refractivity contribution in [1.29, 1.82) is 0 Å². The van der Waals surface area contributed by atoms with Crippen LogP contribution in [-0.4, -0.2) is 29.8 Å². The van der Waals surface area contributed by atoms with Crippen LogP contribution in [0.25, 0.3) is 0 Å². The molecule has 100 valence electrons. The van der Waals surface area contributed by atoms with Crippen LogP contribution in [-0.2, 0) is 0 Å². The van der Waals surface area contributed by atoms with Crippen LogP contribution in [0.4, 0.5) is 13.2 Å². The van der Waals surface area contributed by atoms with E-state index in [0.29, 0.717) is 0 Å². The molecule has 0 fully saturated rings. The first-order valence-electron chi connectivity index (χ1n) is 4.70. The highest BCUT2D eigenvalue weighted by atomic mass is 35.5. The number of rotatable bonds is 3. The van der Waals surface area contributed by atoms with Crippen molar-refractivity contribution in [3.8, 4) is 0 Å². The van der Waals surface area contributed by atoms with Crippen LogP contribution in [0.5, 0.6) is 0 Å². The van der Waals surface area contributed by atoms with Gasteiger partial charge < -0.3 is 10.4 Å². The Morgan fingerprint density at radius 1 is 1.33 bits per heavy atom. The Morgan fingerprint density at radius 3 is 2.28 bits per heavy atom. The highest BCUT2D eigenvalue weighted by molar-refractivity contribution is 6.39. The predicted molar refractivity (Wildman–Crippen MR) is 60.9 cm³/mol. The van der Waals surface area contributed by atoms with Crippen molar-refractivity contribution in [1.82, 2.24) is 5.32 Å². The maximum Gasteiger partial charge on any atom is 0.416 e. The van der Waals surface area contributed by atoms with Gasteiger partial charge in [0.05, 0.1) is 22.2 Å². The highest BCUT2D eigenvalue weighted by Gasteiger charge is 2.38. The quantitative estimate of drug-likeness (QED) is 0.902. The third-order valence-electron chi connectivity index (χ3n) is 2.02. The van der Waals surface area contributed by atoms with E-state index in [-0.39, 0.29) is 15.6 Å². The molecular formula is C10H8Cl2F3NO2. The number of aliphatic hydroxyl groups excluding tert-OH is 1. The largest absolute Gasteiger partial charge is 0.416 e. The smallest absolute Gasteiger partial charge is 0.382 e. The molecular weight excluding hydrogens is 294 g/mol. The van der Waals surface area contributed by atoms with Gasteiger partial charge in [0.15, 0.2) is 6.10 Å². The van der Waals surface area contributed by atoms with E-state index < -0.39 is 24.7 Å². The number of halogens is 5. The van der Waals surface area contributed by atoms with Gasteiger partial charge in [-0.15, -0.1) is 0 Å². The zero-order valence-corrected chi connectivity index (χ0v) is 10.3. The minimum absolute atomic E-state index is 0.0153. The van der Waals surface area contributed by atoms with Crippen LogP contribution in [0, 0.1) is 0 Å². The number of nitrogens with one attached hydrogen (secondary N) is 1. The lowest BCUT2D eigenvalue weighted by atomic mass is 10.2. The van der Waals surface area contributed by atoms with Crippen molar-refractivity contribution in [2.45, 2.75) is 12.3 Å². The molecule has 0 radical (unpaired) electrons. The minimum Gasteiger partial charge on any atom is -0.382 e. The van der Waals surface area contributed by atoms with Gasteiger partial charge in [-0.3, -0.25) is 4.79 Å². The van der Waals surface area contributed by atoms with E-state index in [1.165, 1.54) is 18.2 Å². The van der Waals surface area contributed by atoms with Crippen molar-refractivity contribution in [2.24, 2.45) is 0 Å². The first-order chi connectivity index (χ1) is 8.23. The maximum atomic E-state index is 12.0. The molecule has 2 N–H and O–H groups in total. The number of hydrogen-bond donors (Lipinski definition) is 2. The second kappa shape index (κ2) is 5.77. The van der Waals surface area contributed by atoms with Gasteiger partial charge in [-0.25, -0.2) is 0 Å². The summed E-state index contributed by atoms with van der Waals surface area (Å²) in [5.74, 6) is -0.881. The Kier molecular flexibility index (Phi) is 4.84. The number of amides is 1. The van der Waals surface area contributed by atoms with Crippen molar-refractivity contribution in [3.63, 3.8) is 0 Å². The van der Waals surface area contributed by atoms with Crippen LogP contribution in [0.2, 0.25) is 10.0 Å². The average molecular weight is 302 g/mol. The van der Waals surface area contributed by atoms with Gasteiger partial charge >= 0.3 is 6.18 Å². The molecule has 0 aliphatic heterocycles. The van der Waals surface area contributed by atoms with Crippen LogP contribution in [0.15, 0.2) is 18.2 Å². The number of alkyl halides is 3. The fourth-order valence-corrected chi connectivity index (χ4v) is 1.68. The Morgan fingerprint density at radius 2 is 1.83 bits per heavy atom. The predicted octanol–water partition coefficient (Wildman–Crippen LogP) is 2.65. The Bertz CT molecular complexity index is 431. The summed E-state index contributed by atoms with van der Waals surface area (Å²) in [4.78, 5) is 11.6. The van der Waals surface area contributed by atoms with Gasteiger partial charge in [-0.1, -0.05) is 29.3 Å². The normalized spacial score (nSPS) is 13.2. The van der Waals surface area contributed by atoms with Gasteiger partial charge in [0.25, 0.3) is 5.91 Å². The van der Waals surface area contributed by atoms with Crippen molar-refractivity contribution < 1.29 is 23.1 Å². The number of aliphatic hydroxyl groups is 1. The van der Waals surface area contributed by atoms with Crippen LogP contribution in [0.3, 0.4) is 0 Å². The van der Waals surface area contributed by atoms with E-state index in [0.717, 1.165) is 0 Å². The number of hydrogen-bond acceptors (Lipinski definition) is 2. The fourth-order valence-electron chi connectivity index (χ4n) is 1.11. The Labute approximate surface area is 110 Å². The molecule has 1 aromatic rings. The van der Waals surface area contributed by atoms with Crippen molar-refractivity contribution in [3.05, 3.63) is 33.8 Å². The zero-order chi connectivity index (χ0) is 13.9. The summed E-state index contributed by atoms with van der Waals surface area (Å²) >= 11 is 11.4. The lowest BCUT2D eigenvalue weighted by Gasteiger charge is -2.15. The summed E-state index contributed by atoms with van der Waals surface area (Å²) in [6.07, 6.45) is -7.43. The number of carbonyl (C=O) groups excluding carboxylic acids is 1. The van der Waals surface area contributed by atoms with E-state index in [1.807, 2.05) is 5.32 Å². The molecule has 1 unspecified atom stereocenters. The highest BCUT2D eigenvalue weighted by Crippen LogP contribution is 2.24. The van der Waals surface area contributed by atoms with Gasteiger partial charge in [0.1, 0.15) is 0 Å². The van der Waals surface area contributed by atoms with Gasteiger partial charge in [-0.2, -0.15) is 13.2 Å². The monoisotopic (exact) mass is 301 g/mol. The number of carbonyl (C=O) groups is 1. The van der Waals surface area contributed by atoms with Gasteiger partial charge in [0, 0.05) is 0 Å². The summed E-state index contributed by atoms with van der Waals surface area (Å²) in [6, 6.07) is 4.25. The average Bonchev–Trinajstić information content (AvgIpc) is 2.24. The van der Waals surface area contributed by atoms with Crippen LogP contribution < -0.4 is 5.32 Å². The van der Waals surface area contributed by atoms with E-state index in [4.69, 9.17) is 28.3 Å². The van der Waals surface area contributed by atoms with E-state index in [1.54, 1.807) is 0 Å². The molecule has 1 rings (SSSR count). The van der Waals surface area contributed by atoms with Crippen LogP contribution >= 0.6 is 23.2 Å². The lowest BCUT2D eigenvalue weighted by molar-refractivity contribution is -0.201. The molecule has 1 aromatic carbocycles. The third-order valence-corrected chi connectivity index (χ3v) is 2.65. The van der Waals surface area contributed by atoms with E-state index >= 15 is 0 Å². The summed E-state index contributed by atoms with van der Waals surface area (Å²) in [5.41, 5.74) is -0.129. The lowest BCUT2D eigenvalue weighted by Crippen LogP contribution is -2.40. The fraction of sp³-hybridized carbons (Fsp3) is 0.300. The summed E-state index contributed by atoms with van der Waals surface area (Å²) in [5, 5.41) is 10.7. The topological polar surface area (TPSA) is 49.3 Å².